The van der Waals surface area contributed by atoms with Gasteiger partial charge in [-0.2, -0.15) is 0 Å². The molecule has 2 aliphatic heterocycles. The summed E-state index contributed by atoms with van der Waals surface area (Å²) in [5.74, 6) is -0.00717. The average molecular weight is 401 g/mol. The predicted octanol–water partition coefficient (Wildman–Crippen LogP) is 1.61. The topological polar surface area (TPSA) is 82.5 Å². The van der Waals surface area contributed by atoms with Gasteiger partial charge in [0.25, 0.3) is 11.8 Å². The molecule has 2 aromatic heterocycles. The summed E-state index contributed by atoms with van der Waals surface area (Å²) < 4.78 is 3.88. The number of likely N-dealkylation sites (tertiary alicyclic amines) is 1. The van der Waals surface area contributed by atoms with Crippen LogP contribution in [0.4, 0.5) is 0 Å². The summed E-state index contributed by atoms with van der Waals surface area (Å²) in [5.41, 5.74) is 2.10. The standard InChI is InChI=1S/C19H24N6O2S/c1-13-17(28-22-21-13)19(27)25-7-3-4-16(25)15-6-5-14(12-20-15)18(26)24-10-8-23(2)9-11-24/h5-6,12,16H,3-4,7-11H2,1-2H3/t16-/m1/s1. The van der Waals surface area contributed by atoms with Crippen molar-refractivity contribution in [3.05, 3.63) is 40.2 Å². The fourth-order valence-corrected chi connectivity index (χ4v) is 4.41. The van der Waals surface area contributed by atoms with E-state index in [0.717, 1.165) is 56.2 Å². The number of aryl methyl sites for hydroxylation is 1. The molecule has 0 aromatic carbocycles. The summed E-state index contributed by atoms with van der Waals surface area (Å²) in [6, 6.07) is 3.66. The first-order chi connectivity index (χ1) is 13.5. The number of piperazine rings is 1. The van der Waals surface area contributed by atoms with Crippen LogP contribution in [-0.2, 0) is 0 Å². The second-order valence-electron chi connectivity index (χ2n) is 7.41. The third-order valence-electron chi connectivity index (χ3n) is 5.52. The highest BCUT2D eigenvalue weighted by molar-refractivity contribution is 7.07. The van der Waals surface area contributed by atoms with E-state index in [4.69, 9.17) is 0 Å². The molecule has 8 nitrogen and oxygen atoms in total. The van der Waals surface area contributed by atoms with E-state index >= 15 is 0 Å². The zero-order chi connectivity index (χ0) is 19.7. The highest BCUT2D eigenvalue weighted by atomic mass is 32.1. The van der Waals surface area contributed by atoms with E-state index < -0.39 is 0 Å². The lowest BCUT2D eigenvalue weighted by Gasteiger charge is -2.32. The summed E-state index contributed by atoms with van der Waals surface area (Å²) in [7, 11) is 2.07. The molecule has 2 fully saturated rings. The van der Waals surface area contributed by atoms with Crippen LogP contribution in [0.15, 0.2) is 18.3 Å². The van der Waals surface area contributed by atoms with E-state index in [1.54, 1.807) is 13.1 Å². The largest absolute Gasteiger partial charge is 0.336 e. The van der Waals surface area contributed by atoms with Gasteiger partial charge in [0.1, 0.15) is 4.88 Å². The van der Waals surface area contributed by atoms with E-state index in [1.807, 2.05) is 21.9 Å². The van der Waals surface area contributed by atoms with Crippen molar-refractivity contribution in [2.45, 2.75) is 25.8 Å². The first-order valence-electron chi connectivity index (χ1n) is 9.58. The predicted molar refractivity (Wildman–Crippen MR) is 105 cm³/mol. The molecule has 0 saturated carbocycles. The Morgan fingerprint density at radius 3 is 2.54 bits per heavy atom. The van der Waals surface area contributed by atoms with E-state index in [0.29, 0.717) is 22.7 Å². The molecule has 0 bridgehead atoms. The smallest absolute Gasteiger partial charge is 0.268 e. The van der Waals surface area contributed by atoms with E-state index in [2.05, 4.69) is 26.5 Å². The number of carbonyl (C=O) groups is 2. The van der Waals surface area contributed by atoms with Gasteiger partial charge >= 0.3 is 0 Å². The fourth-order valence-electron chi connectivity index (χ4n) is 3.80. The number of pyridine rings is 1. The molecule has 2 aromatic rings. The van der Waals surface area contributed by atoms with Gasteiger partial charge in [0.15, 0.2) is 0 Å². The van der Waals surface area contributed by atoms with Crippen molar-refractivity contribution in [3.8, 4) is 0 Å². The number of carbonyl (C=O) groups excluding carboxylic acids is 2. The van der Waals surface area contributed by atoms with Gasteiger partial charge in [-0.25, -0.2) is 0 Å². The van der Waals surface area contributed by atoms with Gasteiger partial charge in [-0.15, -0.1) is 5.10 Å². The fraction of sp³-hybridized carbons (Fsp3) is 0.526. The van der Waals surface area contributed by atoms with Crippen LogP contribution in [0.2, 0.25) is 0 Å². The zero-order valence-corrected chi connectivity index (χ0v) is 17.0. The van der Waals surface area contributed by atoms with Gasteiger partial charge in [0.05, 0.1) is 23.0 Å². The third kappa shape index (κ3) is 3.64. The van der Waals surface area contributed by atoms with Crippen molar-refractivity contribution < 1.29 is 9.59 Å². The maximum Gasteiger partial charge on any atom is 0.268 e. The molecule has 2 aliphatic rings. The molecule has 4 heterocycles. The van der Waals surface area contributed by atoms with E-state index in [-0.39, 0.29) is 17.9 Å². The van der Waals surface area contributed by atoms with Crippen LogP contribution < -0.4 is 0 Å². The van der Waals surface area contributed by atoms with Crippen molar-refractivity contribution >= 4 is 23.3 Å². The zero-order valence-electron chi connectivity index (χ0n) is 16.2. The van der Waals surface area contributed by atoms with Gasteiger partial charge in [-0.05, 0) is 50.5 Å². The van der Waals surface area contributed by atoms with Crippen molar-refractivity contribution in [1.29, 1.82) is 0 Å². The Morgan fingerprint density at radius 1 is 1.11 bits per heavy atom. The number of amides is 2. The summed E-state index contributed by atoms with van der Waals surface area (Å²) in [6.07, 6.45) is 3.46. The van der Waals surface area contributed by atoms with Crippen LogP contribution in [0.1, 0.15) is 50.3 Å². The Balaban J connectivity index is 1.48. The molecular weight excluding hydrogens is 376 g/mol. The van der Waals surface area contributed by atoms with E-state index in [9.17, 15) is 9.59 Å². The number of likely N-dealkylation sites (N-methyl/N-ethyl adjacent to an activating group) is 1. The first kappa shape index (κ1) is 18.9. The molecular formula is C19H24N6O2S. The Hall–Kier alpha value is -2.39. The van der Waals surface area contributed by atoms with Crippen molar-refractivity contribution in [2.24, 2.45) is 0 Å². The monoisotopic (exact) mass is 400 g/mol. The van der Waals surface area contributed by atoms with Crippen molar-refractivity contribution in [1.82, 2.24) is 29.3 Å². The third-order valence-corrected chi connectivity index (χ3v) is 6.34. The number of hydrogen-bond acceptors (Lipinski definition) is 7. The molecule has 0 aliphatic carbocycles. The van der Waals surface area contributed by atoms with Crippen LogP contribution in [0, 0.1) is 6.92 Å². The molecule has 1 atom stereocenters. The molecule has 0 N–H and O–H groups in total. The minimum Gasteiger partial charge on any atom is -0.336 e. The lowest BCUT2D eigenvalue weighted by molar-refractivity contribution is 0.0662. The number of aromatic nitrogens is 3. The molecule has 148 valence electrons. The first-order valence-corrected chi connectivity index (χ1v) is 10.4. The molecule has 0 spiro atoms. The van der Waals surface area contributed by atoms with Gasteiger partial charge in [-0.3, -0.25) is 14.6 Å². The number of hydrogen-bond donors (Lipinski definition) is 0. The minimum atomic E-state index is -0.0678. The number of nitrogens with zero attached hydrogens (tertiary/aromatic N) is 6. The Morgan fingerprint density at radius 2 is 1.89 bits per heavy atom. The lowest BCUT2D eigenvalue weighted by Crippen LogP contribution is -2.47. The average Bonchev–Trinajstić information content (AvgIpc) is 3.37. The SMILES string of the molecule is Cc1nnsc1C(=O)N1CCC[C@@H]1c1ccc(C(=O)N2CCN(C)CC2)cn1. The Kier molecular flexibility index (Phi) is 5.36. The van der Waals surface area contributed by atoms with Crippen LogP contribution in [0.3, 0.4) is 0 Å². The van der Waals surface area contributed by atoms with Gasteiger partial charge < -0.3 is 14.7 Å². The van der Waals surface area contributed by atoms with Gasteiger partial charge in [-0.1, -0.05) is 4.49 Å². The second kappa shape index (κ2) is 7.92. The van der Waals surface area contributed by atoms with Crippen LogP contribution in [0.25, 0.3) is 0 Å². The summed E-state index contributed by atoms with van der Waals surface area (Å²) in [4.78, 5) is 36.7. The Bertz CT molecular complexity index is 860. The van der Waals surface area contributed by atoms with E-state index in [1.165, 1.54) is 0 Å². The second-order valence-corrected chi connectivity index (χ2v) is 8.17. The summed E-state index contributed by atoms with van der Waals surface area (Å²) in [5, 5.41) is 3.95. The summed E-state index contributed by atoms with van der Waals surface area (Å²) >= 11 is 1.14. The van der Waals surface area contributed by atoms with Gasteiger partial charge in [0.2, 0.25) is 0 Å². The van der Waals surface area contributed by atoms with Crippen LogP contribution in [-0.4, -0.2) is 80.9 Å². The highest BCUT2D eigenvalue weighted by Gasteiger charge is 2.33. The minimum absolute atomic E-state index is 0.0258. The number of rotatable bonds is 3. The molecule has 9 heteroatoms. The van der Waals surface area contributed by atoms with Crippen molar-refractivity contribution in [2.75, 3.05) is 39.8 Å². The maximum absolute atomic E-state index is 12.9. The van der Waals surface area contributed by atoms with Gasteiger partial charge in [0, 0.05) is 38.9 Å². The summed E-state index contributed by atoms with van der Waals surface area (Å²) in [6.45, 7) is 5.77. The molecule has 2 saturated heterocycles. The molecule has 0 radical (unpaired) electrons. The lowest BCUT2D eigenvalue weighted by atomic mass is 10.1. The highest BCUT2D eigenvalue weighted by Crippen LogP contribution is 2.33. The maximum atomic E-state index is 12.9. The molecule has 0 unspecified atom stereocenters. The quantitative estimate of drug-likeness (QED) is 0.778. The normalized spacial score (nSPS) is 20.6. The van der Waals surface area contributed by atoms with Crippen LogP contribution >= 0.6 is 11.5 Å². The van der Waals surface area contributed by atoms with Crippen LogP contribution in [0.5, 0.6) is 0 Å². The Labute approximate surface area is 168 Å². The van der Waals surface area contributed by atoms with Crippen molar-refractivity contribution in [3.63, 3.8) is 0 Å². The molecule has 2 amide bonds. The molecule has 4 rings (SSSR count). The molecule has 28 heavy (non-hydrogen) atoms.